The number of thiazole rings is 1. The Balaban J connectivity index is 1.63. The van der Waals surface area contributed by atoms with Crippen LogP contribution in [0.4, 0.5) is 0 Å². The molecule has 3 heterocycles. The Morgan fingerprint density at radius 3 is 2.70 bits per heavy atom. The summed E-state index contributed by atoms with van der Waals surface area (Å²) in [4.78, 5) is 43.2. The number of allylic oxidation sites excluding steroid dienone is 1. The third-order valence-electron chi connectivity index (χ3n) is 6.30. The van der Waals surface area contributed by atoms with Crippen molar-refractivity contribution in [1.29, 1.82) is 0 Å². The molecule has 0 aliphatic carbocycles. The summed E-state index contributed by atoms with van der Waals surface area (Å²) in [5, 5.41) is 9.29. The van der Waals surface area contributed by atoms with Crippen LogP contribution in [0.5, 0.6) is 5.75 Å². The number of methoxy groups -OCH3 is 1. The monoisotopic (exact) mass is 622 g/mol. The second-order valence-corrected chi connectivity index (χ2v) is 10.6. The summed E-state index contributed by atoms with van der Waals surface area (Å²) in [6.07, 6.45) is 1.61. The van der Waals surface area contributed by atoms with E-state index in [0.717, 1.165) is 0 Å². The number of rotatable bonds is 7. The maximum absolute atomic E-state index is 13.8. The first kappa shape index (κ1) is 27.4. The van der Waals surface area contributed by atoms with Gasteiger partial charge in [0.05, 0.1) is 45.6 Å². The lowest BCUT2D eigenvalue weighted by Crippen LogP contribution is -2.39. The lowest BCUT2D eigenvalue weighted by Gasteiger charge is -2.25. The van der Waals surface area contributed by atoms with Gasteiger partial charge in [-0.05, 0) is 71.7 Å². The second-order valence-electron chi connectivity index (χ2n) is 8.78. The van der Waals surface area contributed by atoms with Crippen LogP contribution in [0, 0.1) is 0 Å². The number of esters is 1. The fraction of sp³-hybridized carbons (Fsp3) is 0.172. The van der Waals surface area contributed by atoms with Gasteiger partial charge >= 0.3 is 11.9 Å². The molecule has 9 nitrogen and oxygen atoms in total. The normalized spacial score (nSPS) is 15.0. The fourth-order valence-electron chi connectivity index (χ4n) is 4.48. The third kappa shape index (κ3) is 5.05. The van der Waals surface area contributed by atoms with Crippen molar-refractivity contribution in [1.82, 2.24) is 4.57 Å². The summed E-state index contributed by atoms with van der Waals surface area (Å²) < 4.78 is 19.1. The Hall–Kier alpha value is -4.22. The zero-order chi connectivity index (χ0) is 28.6. The highest BCUT2D eigenvalue weighted by Gasteiger charge is 2.33. The van der Waals surface area contributed by atoms with E-state index in [1.54, 1.807) is 63.4 Å². The van der Waals surface area contributed by atoms with Gasteiger partial charge in [0, 0.05) is 11.6 Å². The molecule has 2 aromatic carbocycles. The quantitative estimate of drug-likeness (QED) is 0.301. The number of nitrogens with zero attached hydrogens (tertiary/aromatic N) is 2. The highest BCUT2D eigenvalue weighted by atomic mass is 79.9. The van der Waals surface area contributed by atoms with Crippen molar-refractivity contribution in [2.45, 2.75) is 19.9 Å². The third-order valence-corrected chi connectivity index (χ3v) is 7.91. The minimum Gasteiger partial charge on any atom is -0.496 e. The zero-order valence-electron chi connectivity index (χ0n) is 21.6. The van der Waals surface area contributed by atoms with Gasteiger partial charge in [-0.3, -0.25) is 9.36 Å². The Morgan fingerprint density at radius 1 is 1.20 bits per heavy atom. The number of aromatic carboxylic acids is 1. The Bertz CT molecular complexity index is 1870. The minimum absolute atomic E-state index is 0.140. The smallest absolute Gasteiger partial charge is 0.338 e. The molecule has 2 aromatic heterocycles. The maximum atomic E-state index is 13.8. The standard InChI is InChI=1S/C29H23BrN2O7S/c1-4-38-28(36)24-15(2)31-29-32(25(24)17-8-10-22(37-3)20(30)13-17)26(33)23(40-29)14-19-9-11-21(39-19)16-6-5-7-18(12-16)27(34)35/h5-14,25H,4H2,1-3H3,(H,34,35)/b23-14+. The van der Waals surface area contributed by atoms with Crippen molar-refractivity contribution in [3.05, 3.63) is 107 Å². The van der Waals surface area contributed by atoms with Gasteiger partial charge in [0.2, 0.25) is 0 Å². The average molecular weight is 623 g/mol. The maximum Gasteiger partial charge on any atom is 0.338 e. The summed E-state index contributed by atoms with van der Waals surface area (Å²) in [6.45, 7) is 3.62. The topological polar surface area (TPSA) is 120 Å². The molecule has 4 aromatic rings. The number of hydrogen-bond donors (Lipinski definition) is 1. The number of fused-ring (bicyclic) bond motifs is 1. The summed E-state index contributed by atoms with van der Waals surface area (Å²) in [7, 11) is 1.56. The number of ether oxygens (including phenoxy) is 2. The van der Waals surface area contributed by atoms with E-state index in [1.807, 2.05) is 6.07 Å². The summed E-state index contributed by atoms with van der Waals surface area (Å²) in [6, 6.07) is 14.4. The molecule has 0 saturated heterocycles. The highest BCUT2D eigenvalue weighted by Crippen LogP contribution is 2.35. The van der Waals surface area contributed by atoms with Gasteiger partial charge in [-0.15, -0.1) is 0 Å². The van der Waals surface area contributed by atoms with Crippen LogP contribution >= 0.6 is 27.3 Å². The lowest BCUT2D eigenvalue weighted by molar-refractivity contribution is -0.139. The van der Waals surface area contributed by atoms with E-state index >= 15 is 0 Å². The summed E-state index contributed by atoms with van der Waals surface area (Å²) >= 11 is 4.68. The summed E-state index contributed by atoms with van der Waals surface area (Å²) in [5.41, 5.74) is 1.80. The number of carboxylic acid groups (broad SMARTS) is 1. The first-order chi connectivity index (χ1) is 19.2. The summed E-state index contributed by atoms with van der Waals surface area (Å²) in [5.74, 6) is -0.105. The van der Waals surface area contributed by atoms with Gasteiger partial charge in [0.15, 0.2) is 4.80 Å². The SMILES string of the molecule is CCOC(=O)C1=C(C)N=c2s/c(=C/c3ccc(-c4cccc(C(=O)O)c4)o3)c(=O)n2C1c1ccc(OC)c(Br)c1. The van der Waals surface area contributed by atoms with E-state index in [-0.39, 0.29) is 23.3 Å². The minimum atomic E-state index is -1.04. The zero-order valence-corrected chi connectivity index (χ0v) is 24.0. The Labute approximate surface area is 240 Å². The Morgan fingerprint density at radius 2 is 2.00 bits per heavy atom. The van der Waals surface area contributed by atoms with Gasteiger partial charge in [-0.2, -0.15) is 0 Å². The first-order valence-electron chi connectivity index (χ1n) is 12.2. The van der Waals surface area contributed by atoms with E-state index in [9.17, 15) is 19.5 Å². The van der Waals surface area contributed by atoms with Crippen LogP contribution in [0.1, 0.15) is 41.6 Å². The average Bonchev–Trinajstić information content (AvgIpc) is 3.52. The molecule has 1 N–H and O–H groups in total. The largest absolute Gasteiger partial charge is 0.496 e. The van der Waals surface area contributed by atoms with E-state index in [2.05, 4.69) is 20.9 Å². The molecule has 0 saturated carbocycles. The van der Waals surface area contributed by atoms with Crippen LogP contribution in [0.2, 0.25) is 0 Å². The van der Waals surface area contributed by atoms with Crippen LogP contribution in [0.25, 0.3) is 17.4 Å². The van der Waals surface area contributed by atoms with E-state index in [0.29, 0.717) is 47.9 Å². The van der Waals surface area contributed by atoms with E-state index in [4.69, 9.17) is 13.9 Å². The molecule has 0 bridgehead atoms. The molecular weight excluding hydrogens is 600 g/mol. The number of benzene rings is 2. The van der Waals surface area contributed by atoms with Crippen molar-refractivity contribution in [2.24, 2.45) is 4.99 Å². The fourth-order valence-corrected chi connectivity index (χ4v) is 6.06. The number of hydrogen-bond acceptors (Lipinski definition) is 8. The van der Waals surface area contributed by atoms with Gasteiger partial charge in [0.1, 0.15) is 17.3 Å². The first-order valence-corrected chi connectivity index (χ1v) is 13.8. The molecular formula is C29H23BrN2O7S. The second kappa shape index (κ2) is 11.1. The number of halogens is 1. The van der Waals surface area contributed by atoms with Crippen molar-refractivity contribution in [3.63, 3.8) is 0 Å². The molecule has 1 aliphatic heterocycles. The van der Waals surface area contributed by atoms with Crippen molar-refractivity contribution < 1.29 is 28.6 Å². The molecule has 0 radical (unpaired) electrons. The van der Waals surface area contributed by atoms with Crippen LogP contribution in [-0.2, 0) is 9.53 Å². The molecule has 40 heavy (non-hydrogen) atoms. The number of carbonyl (C=O) groups excluding carboxylic acids is 1. The van der Waals surface area contributed by atoms with Gasteiger partial charge < -0.3 is 19.0 Å². The molecule has 1 aliphatic rings. The molecule has 0 spiro atoms. The van der Waals surface area contributed by atoms with Gasteiger partial charge in [-0.1, -0.05) is 29.5 Å². The molecule has 0 amide bonds. The molecule has 1 atom stereocenters. The highest BCUT2D eigenvalue weighted by molar-refractivity contribution is 9.10. The van der Waals surface area contributed by atoms with Gasteiger partial charge in [0.25, 0.3) is 5.56 Å². The molecule has 5 rings (SSSR count). The predicted octanol–water partition coefficient (Wildman–Crippen LogP) is 4.53. The van der Waals surface area contributed by atoms with Crippen molar-refractivity contribution in [2.75, 3.05) is 13.7 Å². The number of furan rings is 1. The number of aromatic nitrogens is 1. The number of carbonyl (C=O) groups is 2. The van der Waals surface area contributed by atoms with Crippen LogP contribution in [0.15, 0.2) is 84.5 Å². The van der Waals surface area contributed by atoms with Crippen LogP contribution in [-0.4, -0.2) is 35.3 Å². The van der Waals surface area contributed by atoms with Gasteiger partial charge in [-0.25, -0.2) is 14.6 Å². The van der Waals surface area contributed by atoms with Crippen LogP contribution in [0.3, 0.4) is 0 Å². The van der Waals surface area contributed by atoms with Crippen molar-refractivity contribution in [3.8, 4) is 17.1 Å². The number of carboxylic acids is 1. The predicted molar refractivity (Wildman–Crippen MR) is 152 cm³/mol. The molecule has 0 fully saturated rings. The van der Waals surface area contributed by atoms with E-state index < -0.39 is 18.0 Å². The Kier molecular flexibility index (Phi) is 7.59. The molecule has 1 unspecified atom stereocenters. The van der Waals surface area contributed by atoms with E-state index in [1.165, 1.54) is 28.0 Å². The molecule has 204 valence electrons. The lowest BCUT2D eigenvalue weighted by atomic mass is 9.96. The molecule has 11 heteroatoms. The van der Waals surface area contributed by atoms with Crippen LogP contribution < -0.4 is 19.6 Å². The van der Waals surface area contributed by atoms with Crippen molar-refractivity contribution >= 4 is 45.3 Å².